The molecule has 3 rings (SSSR count). The number of benzene rings is 1. The van der Waals surface area contributed by atoms with Crippen molar-refractivity contribution in [3.05, 3.63) is 52.8 Å². The number of anilines is 2. The van der Waals surface area contributed by atoms with Crippen molar-refractivity contribution in [2.75, 3.05) is 23.8 Å². The summed E-state index contributed by atoms with van der Waals surface area (Å²) in [6.45, 7) is 0.436. The number of hydrogen-bond acceptors (Lipinski definition) is 9. The number of non-ortho nitro benzene ring substituents is 1. The minimum Gasteiger partial charge on any atom is -0.472 e. The first-order valence-electron chi connectivity index (χ1n) is 7.39. The van der Waals surface area contributed by atoms with E-state index in [-0.39, 0.29) is 18.8 Å². The van der Waals surface area contributed by atoms with Crippen LogP contribution in [0.1, 0.15) is 5.89 Å². The minimum atomic E-state index is -0.481. The molecule has 3 aromatic rings. The van der Waals surface area contributed by atoms with Crippen molar-refractivity contribution in [2.24, 2.45) is 0 Å². The number of nitro groups is 1. The van der Waals surface area contributed by atoms with Crippen molar-refractivity contribution in [1.82, 2.24) is 10.1 Å². The van der Waals surface area contributed by atoms with Gasteiger partial charge in [-0.15, -0.1) is 0 Å². The van der Waals surface area contributed by atoms with Gasteiger partial charge < -0.3 is 24.7 Å². The maximum Gasteiger partial charge on any atom is 0.271 e. The summed E-state index contributed by atoms with van der Waals surface area (Å²) >= 11 is 0. The lowest BCUT2D eigenvalue weighted by Crippen LogP contribution is -2.09. The SMILES string of the molecule is O=[N+]([O-])c1ccc(NCCO)c(NCc2nc(-c3ccoc3)no2)c1. The van der Waals surface area contributed by atoms with Gasteiger partial charge in [-0.05, 0) is 12.1 Å². The molecule has 10 heteroatoms. The molecule has 0 unspecified atom stereocenters. The Morgan fingerprint density at radius 1 is 1.24 bits per heavy atom. The van der Waals surface area contributed by atoms with Gasteiger partial charge in [-0.3, -0.25) is 10.1 Å². The van der Waals surface area contributed by atoms with E-state index < -0.39 is 4.92 Å². The van der Waals surface area contributed by atoms with E-state index in [4.69, 9.17) is 14.0 Å². The average molecular weight is 345 g/mol. The average Bonchev–Trinajstić information content (AvgIpc) is 3.29. The molecule has 0 atom stereocenters. The van der Waals surface area contributed by atoms with E-state index in [0.29, 0.717) is 35.2 Å². The molecule has 2 heterocycles. The van der Waals surface area contributed by atoms with Crippen LogP contribution in [0.25, 0.3) is 11.4 Å². The highest BCUT2D eigenvalue weighted by Gasteiger charge is 2.13. The van der Waals surface area contributed by atoms with Crippen molar-refractivity contribution in [3.63, 3.8) is 0 Å². The van der Waals surface area contributed by atoms with Crippen molar-refractivity contribution in [1.29, 1.82) is 0 Å². The van der Waals surface area contributed by atoms with Gasteiger partial charge in [-0.1, -0.05) is 5.16 Å². The molecule has 10 nitrogen and oxygen atoms in total. The molecule has 0 fully saturated rings. The zero-order chi connectivity index (χ0) is 17.6. The second-order valence-corrected chi connectivity index (χ2v) is 5.01. The molecule has 25 heavy (non-hydrogen) atoms. The van der Waals surface area contributed by atoms with Gasteiger partial charge in [0, 0.05) is 18.7 Å². The fourth-order valence-corrected chi connectivity index (χ4v) is 2.14. The Labute approximate surface area is 141 Å². The van der Waals surface area contributed by atoms with Gasteiger partial charge >= 0.3 is 0 Å². The zero-order valence-corrected chi connectivity index (χ0v) is 13.0. The van der Waals surface area contributed by atoms with Gasteiger partial charge in [-0.25, -0.2) is 0 Å². The van der Waals surface area contributed by atoms with Crippen LogP contribution in [0.15, 0.2) is 45.7 Å². The maximum atomic E-state index is 11.0. The molecule has 0 saturated carbocycles. The fraction of sp³-hybridized carbons (Fsp3) is 0.200. The van der Waals surface area contributed by atoms with Crippen molar-refractivity contribution < 1.29 is 19.0 Å². The number of hydrogen-bond donors (Lipinski definition) is 3. The Bertz CT molecular complexity index is 846. The predicted molar refractivity (Wildman–Crippen MR) is 88.0 cm³/mol. The summed E-state index contributed by atoms with van der Waals surface area (Å²) in [6, 6.07) is 6.06. The Morgan fingerprint density at radius 2 is 2.12 bits per heavy atom. The van der Waals surface area contributed by atoms with Crippen LogP contribution >= 0.6 is 0 Å². The van der Waals surface area contributed by atoms with Gasteiger partial charge in [0.15, 0.2) is 0 Å². The topological polar surface area (TPSA) is 139 Å². The summed E-state index contributed by atoms with van der Waals surface area (Å²) in [5.74, 6) is 0.707. The number of aliphatic hydroxyl groups excluding tert-OH is 1. The Hall–Kier alpha value is -3.40. The zero-order valence-electron chi connectivity index (χ0n) is 13.0. The molecule has 0 aliphatic carbocycles. The van der Waals surface area contributed by atoms with Gasteiger partial charge in [0.05, 0.1) is 41.3 Å². The third-order valence-corrected chi connectivity index (χ3v) is 3.32. The van der Waals surface area contributed by atoms with E-state index >= 15 is 0 Å². The van der Waals surface area contributed by atoms with Crippen LogP contribution in [-0.4, -0.2) is 33.3 Å². The fourth-order valence-electron chi connectivity index (χ4n) is 2.14. The van der Waals surface area contributed by atoms with Crippen molar-refractivity contribution >= 4 is 17.1 Å². The third-order valence-electron chi connectivity index (χ3n) is 3.32. The van der Waals surface area contributed by atoms with E-state index in [0.717, 1.165) is 0 Å². The smallest absolute Gasteiger partial charge is 0.271 e. The minimum absolute atomic E-state index is 0.0540. The highest BCUT2D eigenvalue weighted by Crippen LogP contribution is 2.27. The lowest BCUT2D eigenvalue weighted by Gasteiger charge is -2.12. The maximum absolute atomic E-state index is 11.0. The van der Waals surface area contributed by atoms with Crippen LogP contribution < -0.4 is 10.6 Å². The number of nitro benzene ring substituents is 1. The summed E-state index contributed by atoms with van der Waals surface area (Å²) in [4.78, 5) is 14.7. The van der Waals surface area contributed by atoms with Crippen LogP contribution in [-0.2, 0) is 6.54 Å². The Morgan fingerprint density at radius 3 is 2.84 bits per heavy atom. The van der Waals surface area contributed by atoms with E-state index in [1.54, 1.807) is 12.1 Å². The Balaban J connectivity index is 1.74. The van der Waals surface area contributed by atoms with Gasteiger partial charge in [0.25, 0.3) is 5.69 Å². The van der Waals surface area contributed by atoms with E-state index in [1.807, 2.05) is 0 Å². The summed E-state index contributed by atoms with van der Waals surface area (Å²) in [5.41, 5.74) is 1.75. The third kappa shape index (κ3) is 3.93. The monoisotopic (exact) mass is 345 g/mol. The van der Waals surface area contributed by atoms with E-state index in [9.17, 15) is 10.1 Å². The predicted octanol–water partition coefficient (Wildman–Crippen LogP) is 2.25. The first kappa shape index (κ1) is 16.5. The molecule has 3 N–H and O–H groups in total. The molecule has 130 valence electrons. The first-order chi connectivity index (χ1) is 12.2. The molecular weight excluding hydrogens is 330 g/mol. The van der Waals surface area contributed by atoms with E-state index in [1.165, 1.54) is 24.7 Å². The van der Waals surface area contributed by atoms with Gasteiger partial charge in [0.1, 0.15) is 6.26 Å². The molecular formula is C15H15N5O5. The highest BCUT2D eigenvalue weighted by molar-refractivity contribution is 5.71. The molecule has 1 aromatic carbocycles. The molecule has 2 aromatic heterocycles. The number of nitrogens with one attached hydrogen (secondary N) is 2. The number of aromatic nitrogens is 2. The summed E-state index contributed by atoms with van der Waals surface area (Å²) < 4.78 is 10.1. The van der Waals surface area contributed by atoms with Crippen LogP contribution in [0.4, 0.5) is 17.1 Å². The number of nitrogens with zero attached hydrogens (tertiary/aromatic N) is 3. The van der Waals surface area contributed by atoms with Crippen molar-refractivity contribution in [2.45, 2.75) is 6.54 Å². The standard InChI is InChI=1S/C15H15N5O5/c21-5-4-16-12-2-1-11(20(22)23)7-13(12)17-8-14-18-15(19-25-14)10-3-6-24-9-10/h1-3,6-7,9,16-17,21H,4-5,8H2. The molecule has 0 aliphatic heterocycles. The first-order valence-corrected chi connectivity index (χ1v) is 7.39. The number of rotatable bonds is 8. The summed E-state index contributed by atoms with van der Waals surface area (Å²) in [5, 5.41) is 29.7. The summed E-state index contributed by atoms with van der Waals surface area (Å²) in [7, 11) is 0. The van der Waals surface area contributed by atoms with Crippen LogP contribution in [0.5, 0.6) is 0 Å². The van der Waals surface area contributed by atoms with Gasteiger partial charge in [0.2, 0.25) is 11.7 Å². The van der Waals surface area contributed by atoms with Crippen LogP contribution in [0.3, 0.4) is 0 Å². The quantitative estimate of drug-likeness (QED) is 0.414. The molecule has 0 spiro atoms. The summed E-state index contributed by atoms with van der Waals surface area (Å²) in [6.07, 6.45) is 3.01. The largest absolute Gasteiger partial charge is 0.472 e. The lowest BCUT2D eigenvalue weighted by atomic mass is 10.2. The van der Waals surface area contributed by atoms with Crippen LogP contribution in [0, 0.1) is 10.1 Å². The molecule has 0 saturated heterocycles. The molecule has 0 amide bonds. The molecule has 0 bridgehead atoms. The second-order valence-electron chi connectivity index (χ2n) is 5.01. The Kier molecular flexibility index (Phi) is 4.90. The normalized spacial score (nSPS) is 10.6. The second kappa shape index (κ2) is 7.45. The molecule has 0 radical (unpaired) electrons. The van der Waals surface area contributed by atoms with Gasteiger partial charge in [-0.2, -0.15) is 4.98 Å². The lowest BCUT2D eigenvalue weighted by molar-refractivity contribution is -0.384. The number of aliphatic hydroxyl groups is 1. The van der Waals surface area contributed by atoms with Crippen LogP contribution in [0.2, 0.25) is 0 Å². The number of furan rings is 1. The molecule has 0 aliphatic rings. The van der Waals surface area contributed by atoms with E-state index in [2.05, 4.69) is 20.8 Å². The van der Waals surface area contributed by atoms with Crippen molar-refractivity contribution in [3.8, 4) is 11.4 Å². The highest BCUT2D eigenvalue weighted by atomic mass is 16.6.